The molecule has 1 aromatic carbocycles. The second-order valence-electron chi connectivity index (χ2n) is 3.10. The lowest BCUT2D eigenvalue weighted by Gasteiger charge is -2.10. The molecule has 0 aliphatic rings. The Balaban J connectivity index is 2.92. The molecule has 86 valence electrons. The summed E-state index contributed by atoms with van der Waals surface area (Å²) in [5.74, 6) is -1.18. The standard InChI is InChI=1S/C11H9F3O2/c12-11(13,14)9-6-2-1-4-8(9)5-3-7-10(15)16/h1-4,6-7H,5H2,(H,15,16). The first-order valence-corrected chi connectivity index (χ1v) is 4.46. The third-order valence-electron chi connectivity index (χ3n) is 1.92. The number of alkyl halides is 3. The normalized spacial score (nSPS) is 11.9. The number of carboxylic acid groups (broad SMARTS) is 1. The number of hydrogen-bond donors (Lipinski definition) is 1. The number of carbonyl (C=O) groups is 1. The second-order valence-corrected chi connectivity index (χ2v) is 3.10. The maximum atomic E-state index is 12.5. The van der Waals surface area contributed by atoms with E-state index in [1.54, 1.807) is 0 Å². The summed E-state index contributed by atoms with van der Waals surface area (Å²) in [7, 11) is 0. The second kappa shape index (κ2) is 4.83. The average molecular weight is 230 g/mol. The van der Waals surface area contributed by atoms with Gasteiger partial charge in [-0.2, -0.15) is 13.2 Å². The van der Waals surface area contributed by atoms with Crippen molar-refractivity contribution >= 4 is 5.97 Å². The zero-order valence-electron chi connectivity index (χ0n) is 8.16. The highest BCUT2D eigenvalue weighted by Gasteiger charge is 2.32. The van der Waals surface area contributed by atoms with Crippen molar-refractivity contribution in [3.8, 4) is 0 Å². The molecular weight excluding hydrogens is 221 g/mol. The van der Waals surface area contributed by atoms with E-state index in [1.807, 2.05) is 0 Å². The topological polar surface area (TPSA) is 37.3 Å². The molecule has 0 aromatic heterocycles. The van der Waals surface area contributed by atoms with Crippen LogP contribution >= 0.6 is 0 Å². The largest absolute Gasteiger partial charge is 0.478 e. The zero-order valence-corrected chi connectivity index (χ0v) is 8.16. The van der Waals surface area contributed by atoms with Crippen LogP contribution in [0.3, 0.4) is 0 Å². The van der Waals surface area contributed by atoms with Gasteiger partial charge >= 0.3 is 12.1 Å². The van der Waals surface area contributed by atoms with Crippen LogP contribution in [0.2, 0.25) is 0 Å². The molecule has 0 spiro atoms. The van der Waals surface area contributed by atoms with Crippen molar-refractivity contribution in [3.05, 3.63) is 47.5 Å². The van der Waals surface area contributed by atoms with Crippen LogP contribution in [0.1, 0.15) is 11.1 Å². The highest BCUT2D eigenvalue weighted by atomic mass is 19.4. The van der Waals surface area contributed by atoms with Gasteiger partial charge < -0.3 is 5.11 Å². The number of allylic oxidation sites excluding steroid dienone is 1. The number of halogens is 3. The Morgan fingerprint density at radius 2 is 1.94 bits per heavy atom. The van der Waals surface area contributed by atoms with Gasteiger partial charge in [-0.25, -0.2) is 4.79 Å². The first kappa shape index (κ1) is 12.3. The van der Waals surface area contributed by atoms with E-state index in [2.05, 4.69) is 0 Å². The Labute approximate surface area is 90.0 Å². The number of carboxylic acids is 1. The highest BCUT2D eigenvalue weighted by molar-refractivity contribution is 5.79. The smallest absolute Gasteiger partial charge is 0.416 e. The van der Waals surface area contributed by atoms with Crippen LogP contribution < -0.4 is 0 Å². The number of benzene rings is 1. The molecule has 0 amide bonds. The van der Waals surface area contributed by atoms with Crippen molar-refractivity contribution in [1.29, 1.82) is 0 Å². The first-order valence-electron chi connectivity index (χ1n) is 4.46. The molecule has 1 aromatic rings. The summed E-state index contributed by atoms with van der Waals surface area (Å²) < 4.78 is 37.5. The summed E-state index contributed by atoms with van der Waals surface area (Å²) in [6.07, 6.45) is -2.45. The number of hydrogen-bond acceptors (Lipinski definition) is 1. The van der Waals surface area contributed by atoms with Gasteiger partial charge in [0.25, 0.3) is 0 Å². The molecule has 0 radical (unpaired) electrons. The predicted molar refractivity (Wildman–Crippen MR) is 51.9 cm³/mol. The minimum absolute atomic E-state index is 0.0536. The van der Waals surface area contributed by atoms with Gasteiger partial charge in [0.2, 0.25) is 0 Å². The lowest BCUT2D eigenvalue weighted by atomic mass is 10.0. The van der Waals surface area contributed by atoms with Crippen LogP contribution in [0.5, 0.6) is 0 Å². The van der Waals surface area contributed by atoms with Crippen LogP contribution in [0.4, 0.5) is 13.2 Å². The molecule has 0 unspecified atom stereocenters. The molecule has 0 aliphatic heterocycles. The van der Waals surface area contributed by atoms with E-state index in [-0.39, 0.29) is 12.0 Å². The van der Waals surface area contributed by atoms with Gasteiger partial charge in [0, 0.05) is 6.08 Å². The van der Waals surface area contributed by atoms with Crippen molar-refractivity contribution in [2.24, 2.45) is 0 Å². The molecule has 0 fully saturated rings. The van der Waals surface area contributed by atoms with Gasteiger partial charge in [-0.05, 0) is 18.1 Å². The highest BCUT2D eigenvalue weighted by Crippen LogP contribution is 2.32. The minimum Gasteiger partial charge on any atom is -0.478 e. The lowest BCUT2D eigenvalue weighted by Crippen LogP contribution is -2.08. The van der Waals surface area contributed by atoms with E-state index in [4.69, 9.17) is 5.11 Å². The van der Waals surface area contributed by atoms with E-state index in [0.717, 1.165) is 12.1 Å². The maximum Gasteiger partial charge on any atom is 0.416 e. The zero-order chi connectivity index (χ0) is 12.2. The van der Waals surface area contributed by atoms with Crippen LogP contribution in [0.15, 0.2) is 36.4 Å². The van der Waals surface area contributed by atoms with Crippen molar-refractivity contribution in [2.45, 2.75) is 12.6 Å². The summed E-state index contributed by atoms with van der Waals surface area (Å²) in [5, 5.41) is 8.31. The van der Waals surface area contributed by atoms with Crippen LogP contribution in [-0.4, -0.2) is 11.1 Å². The fraction of sp³-hybridized carbons (Fsp3) is 0.182. The predicted octanol–water partition coefficient (Wildman–Crippen LogP) is 2.89. The maximum absolute atomic E-state index is 12.5. The molecule has 1 N–H and O–H groups in total. The van der Waals surface area contributed by atoms with Crippen molar-refractivity contribution < 1.29 is 23.1 Å². The van der Waals surface area contributed by atoms with Gasteiger partial charge in [0.05, 0.1) is 5.56 Å². The molecule has 2 nitrogen and oxygen atoms in total. The monoisotopic (exact) mass is 230 g/mol. The molecular formula is C11H9F3O2. The summed E-state index contributed by atoms with van der Waals surface area (Å²) in [6, 6.07) is 5.09. The summed E-state index contributed by atoms with van der Waals surface area (Å²) >= 11 is 0. The summed E-state index contributed by atoms with van der Waals surface area (Å²) in [4.78, 5) is 10.2. The molecule has 16 heavy (non-hydrogen) atoms. The van der Waals surface area contributed by atoms with Gasteiger partial charge in [0.1, 0.15) is 0 Å². The third kappa shape index (κ3) is 3.42. The first-order chi connectivity index (χ1) is 7.41. The molecule has 0 heterocycles. The third-order valence-corrected chi connectivity index (χ3v) is 1.92. The molecule has 0 atom stereocenters. The van der Waals surface area contributed by atoms with E-state index in [1.165, 1.54) is 24.3 Å². The quantitative estimate of drug-likeness (QED) is 0.810. The summed E-state index contributed by atoms with van der Waals surface area (Å²) in [6.45, 7) is 0. The van der Waals surface area contributed by atoms with Crippen molar-refractivity contribution in [2.75, 3.05) is 0 Å². The molecule has 0 aliphatic carbocycles. The molecule has 5 heteroatoms. The van der Waals surface area contributed by atoms with E-state index >= 15 is 0 Å². The molecule has 0 saturated carbocycles. The Morgan fingerprint density at radius 1 is 1.31 bits per heavy atom. The summed E-state index contributed by atoms with van der Waals surface area (Å²) in [5.41, 5.74) is -0.669. The van der Waals surface area contributed by atoms with Crippen molar-refractivity contribution in [3.63, 3.8) is 0 Å². The number of rotatable bonds is 3. The molecule has 1 rings (SSSR count). The fourth-order valence-corrected chi connectivity index (χ4v) is 1.26. The van der Waals surface area contributed by atoms with Gasteiger partial charge in [0.15, 0.2) is 0 Å². The van der Waals surface area contributed by atoms with Crippen LogP contribution in [0.25, 0.3) is 0 Å². The SMILES string of the molecule is O=C(O)C=CCc1ccccc1C(F)(F)F. The minimum atomic E-state index is -4.41. The Kier molecular flexibility index (Phi) is 3.71. The van der Waals surface area contributed by atoms with E-state index in [9.17, 15) is 18.0 Å². The Morgan fingerprint density at radius 3 is 2.50 bits per heavy atom. The average Bonchev–Trinajstić information content (AvgIpc) is 2.16. The van der Waals surface area contributed by atoms with E-state index in [0.29, 0.717) is 0 Å². The Hall–Kier alpha value is -1.78. The fourth-order valence-electron chi connectivity index (χ4n) is 1.26. The van der Waals surface area contributed by atoms with Gasteiger partial charge in [-0.15, -0.1) is 0 Å². The van der Waals surface area contributed by atoms with Crippen molar-refractivity contribution in [1.82, 2.24) is 0 Å². The van der Waals surface area contributed by atoms with E-state index < -0.39 is 17.7 Å². The number of aliphatic carboxylic acids is 1. The van der Waals surface area contributed by atoms with Crippen LogP contribution in [-0.2, 0) is 17.4 Å². The van der Waals surface area contributed by atoms with Crippen LogP contribution in [0, 0.1) is 0 Å². The molecule has 0 bridgehead atoms. The lowest BCUT2D eigenvalue weighted by molar-refractivity contribution is -0.138. The van der Waals surface area contributed by atoms with Gasteiger partial charge in [-0.3, -0.25) is 0 Å². The molecule has 0 saturated heterocycles. The Bertz CT molecular complexity index is 408. The van der Waals surface area contributed by atoms with Gasteiger partial charge in [-0.1, -0.05) is 24.3 Å².